The Labute approximate surface area is 98.2 Å². The van der Waals surface area contributed by atoms with Crippen molar-refractivity contribution in [3.8, 4) is 5.88 Å². The molecule has 17 heavy (non-hydrogen) atoms. The maximum absolute atomic E-state index is 12.7. The molecule has 0 amide bonds. The fourth-order valence-electron chi connectivity index (χ4n) is 1.37. The highest BCUT2D eigenvalue weighted by Gasteiger charge is 2.03. The molecule has 88 valence electrons. The van der Waals surface area contributed by atoms with Gasteiger partial charge in [-0.1, -0.05) is 0 Å². The Morgan fingerprint density at radius 1 is 1.18 bits per heavy atom. The summed E-state index contributed by atoms with van der Waals surface area (Å²) >= 11 is 0. The topological polar surface area (TPSA) is 60.2 Å². The quantitative estimate of drug-likeness (QED) is 0.855. The minimum atomic E-state index is -0.279. The molecule has 0 aliphatic heterocycles. The molecule has 0 aliphatic rings. The molecule has 0 saturated carbocycles. The minimum Gasteiger partial charge on any atom is -0.479 e. The Morgan fingerprint density at radius 2 is 1.88 bits per heavy atom. The molecule has 1 aromatic heterocycles. The lowest BCUT2D eigenvalue weighted by Crippen LogP contribution is -1.99. The summed E-state index contributed by atoms with van der Waals surface area (Å²) in [5.74, 6) is 0.665. The van der Waals surface area contributed by atoms with Gasteiger partial charge in [0, 0.05) is 5.69 Å². The Balaban J connectivity index is 2.21. The highest BCUT2D eigenvalue weighted by Crippen LogP contribution is 2.22. The Bertz CT molecular complexity index is 514. The molecule has 1 heterocycles. The number of pyridine rings is 1. The van der Waals surface area contributed by atoms with Crippen molar-refractivity contribution in [1.29, 1.82) is 0 Å². The van der Waals surface area contributed by atoms with Crippen LogP contribution < -0.4 is 15.8 Å². The molecule has 0 atom stereocenters. The predicted octanol–water partition coefficient (Wildman–Crippen LogP) is 2.56. The normalized spacial score (nSPS) is 10.0. The van der Waals surface area contributed by atoms with E-state index in [2.05, 4.69) is 10.3 Å². The van der Waals surface area contributed by atoms with Crippen LogP contribution in [0.1, 0.15) is 0 Å². The number of hydrogen-bond donors (Lipinski definition) is 2. The lowest BCUT2D eigenvalue weighted by molar-refractivity contribution is 0.401. The molecule has 2 aromatic rings. The number of nitrogens with one attached hydrogen (secondary N) is 1. The molecule has 3 N–H and O–H groups in total. The van der Waals surface area contributed by atoms with Crippen LogP contribution in [-0.2, 0) is 0 Å². The first-order chi connectivity index (χ1) is 8.19. The maximum atomic E-state index is 12.7. The number of nitrogen functional groups attached to an aromatic ring is 1. The van der Waals surface area contributed by atoms with Gasteiger partial charge >= 0.3 is 0 Å². The van der Waals surface area contributed by atoms with Crippen molar-refractivity contribution in [2.24, 2.45) is 0 Å². The van der Waals surface area contributed by atoms with Gasteiger partial charge < -0.3 is 15.8 Å². The molecule has 0 fully saturated rings. The summed E-state index contributed by atoms with van der Waals surface area (Å²) in [5, 5.41) is 3.02. The van der Waals surface area contributed by atoms with Crippen molar-refractivity contribution in [1.82, 2.24) is 4.98 Å². The smallest absolute Gasteiger partial charge is 0.238 e. The average Bonchev–Trinajstić information content (AvgIpc) is 2.34. The van der Waals surface area contributed by atoms with Gasteiger partial charge in [0.2, 0.25) is 5.88 Å². The summed E-state index contributed by atoms with van der Waals surface area (Å²) in [6, 6.07) is 9.41. The number of rotatable bonds is 3. The second-order valence-electron chi connectivity index (χ2n) is 3.43. The lowest BCUT2D eigenvalue weighted by Gasteiger charge is -2.08. The molecule has 0 unspecified atom stereocenters. The van der Waals surface area contributed by atoms with Crippen LogP contribution in [0, 0.1) is 5.82 Å². The minimum absolute atomic E-state index is 0.279. The van der Waals surface area contributed by atoms with Gasteiger partial charge in [0.25, 0.3) is 0 Å². The van der Waals surface area contributed by atoms with Crippen molar-refractivity contribution in [3.05, 3.63) is 42.2 Å². The van der Waals surface area contributed by atoms with Crippen molar-refractivity contribution in [2.45, 2.75) is 0 Å². The van der Waals surface area contributed by atoms with E-state index in [1.54, 1.807) is 24.3 Å². The van der Waals surface area contributed by atoms with Crippen LogP contribution in [0.3, 0.4) is 0 Å². The van der Waals surface area contributed by atoms with E-state index in [0.717, 1.165) is 5.69 Å². The maximum Gasteiger partial charge on any atom is 0.238 e. The van der Waals surface area contributed by atoms with E-state index in [1.165, 1.54) is 19.2 Å². The van der Waals surface area contributed by atoms with Crippen LogP contribution >= 0.6 is 0 Å². The second kappa shape index (κ2) is 4.69. The molecule has 0 aliphatic carbocycles. The molecule has 0 bridgehead atoms. The van der Waals surface area contributed by atoms with Crippen LogP contribution in [-0.4, -0.2) is 12.1 Å². The first kappa shape index (κ1) is 11.2. The number of methoxy groups -OCH3 is 1. The van der Waals surface area contributed by atoms with E-state index < -0.39 is 0 Å². The van der Waals surface area contributed by atoms with Gasteiger partial charge in [0.15, 0.2) is 0 Å². The first-order valence-electron chi connectivity index (χ1n) is 5.02. The number of ether oxygens (including phenoxy) is 1. The molecule has 4 nitrogen and oxygen atoms in total. The number of hydrogen-bond acceptors (Lipinski definition) is 4. The fraction of sp³-hybridized carbons (Fsp3) is 0.0833. The SMILES string of the molecule is COc1nc(Nc2ccc(F)cc2)ccc1N. The third-order valence-corrected chi connectivity index (χ3v) is 2.20. The van der Waals surface area contributed by atoms with Gasteiger partial charge in [-0.3, -0.25) is 0 Å². The van der Waals surface area contributed by atoms with E-state index >= 15 is 0 Å². The largest absolute Gasteiger partial charge is 0.479 e. The summed E-state index contributed by atoms with van der Waals surface area (Å²) in [4.78, 5) is 4.16. The van der Waals surface area contributed by atoms with Crippen LogP contribution in [0.4, 0.5) is 21.6 Å². The lowest BCUT2D eigenvalue weighted by atomic mass is 10.3. The molecule has 0 spiro atoms. The second-order valence-corrected chi connectivity index (χ2v) is 3.43. The van der Waals surface area contributed by atoms with Gasteiger partial charge in [-0.25, -0.2) is 4.39 Å². The first-order valence-corrected chi connectivity index (χ1v) is 5.02. The monoisotopic (exact) mass is 233 g/mol. The van der Waals surface area contributed by atoms with Crippen molar-refractivity contribution >= 4 is 17.2 Å². The Kier molecular flexibility index (Phi) is 3.09. The summed E-state index contributed by atoms with van der Waals surface area (Å²) in [5.41, 5.74) is 6.86. The summed E-state index contributed by atoms with van der Waals surface area (Å²) in [6.45, 7) is 0. The molecule has 5 heteroatoms. The zero-order chi connectivity index (χ0) is 12.3. The number of aromatic nitrogens is 1. The molecule has 0 saturated heterocycles. The summed E-state index contributed by atoms with van der Waals surface area (Å²) in [7, 11) is 1.50. The van der Waals surface area contributed by atoms with Crippen LogP contribution in [0.5, 0.6) is 5.88 Å². The van der Waals surface area contributed by atoms with Gasteiger partial charge in [-0.15, -0.1) is 0 Å². The van der Waals surface area contributed by atoms with E-state index in [0.29, 0.717) is 17.4 Å². The Hall–Kier alpha value is -2.30. The van der Waals surface area contributed by atoms with Gasteiger partial charge in [-0.2, -0.15) is 4.98 Å². The van der Waals surface area contributed by atoms with Crippen molar-refractivity contribution < 1.29 is 9.13 Å². The van der Waals surface area contributed by atoms with E-state index in [4.69, 9.17) is 10.5 Å². The van der Waals surface area contributed by atoms with Gasteiger partial charge in [0.05, 0.1) is 12.8 Å². The van der Waals surface area contributed by atoms with Crippen molar-refractivity contribution in [2.75, 3.05) is 18.2 Å². The fourth-order valence-corrected chi connectivity index (χ4v) is 1.37. The average molecular weight is 233 g/mol. The highest BCUT2D eigenvalue weighted by atomic mass is 19.1. The third-order valence-electron chi connectivity index (χ3n) is 2.20. The molecule has 1 aromatic carbocycles. The Morgan fingerprint density at radius 3 is 2.53 bits per heavy atom. The summed E-state index contributed by atoms with van der Waals surface area (Å²) < 4.78 is 17.7. The molecule has 2 rings (SSSR count). The molecule has 0 radical (unpaired) electrons. The zero-order valence-corrected chi connectivity index (χ0v) is 9.27. The van der Waals surface area contributed by atoms with Crippen LogP contribution in [0.15, 0.2) is 36.4 Å². The van der Waals surface area contributed by atoms with Crippen LogP contribution in [0.2, 0.25) is 0 Å². The highest BCUT2D eigenvalue weighted by molar-refractivity contribution is 5.60. The number of benzene rings is 1. The standard InChI is InChI=1S/C12H12FN3O/c1-17-12-10(14)6-7-11(16-12)15-9-4-2-8(13)3-5-9/h2-7H,14H2,1H3,(H,15,16). The number of nitrogens with two attached hydrogens (primary N) is 1. The van der Waals surface area contributed by atoms with E-state index in [9.17, 15) is 4.39 Å². The number of anilines is 3. The van der Waals surface area contributed by atoms with Gasteiger partial charge in [0.1, 0.15) is 11.6 Å². The number of halogens is 1. The van der Waals surface area contributed by atoms with Gasteiger partial charge in [-0.05, 0) is 36.4 Å². The predicted molar refractivity (Wildman–Crippen MR) is 64.9 cm³/mol. The third kappa shape index (κ3) is 2.63. The van der Waals surface area contributed by atoms with E-state index in [1.807, 2.05) is 0 Å². The molecular formula is C12H12FN3O. The summed E-state index contributed by atoms with van der Waals surface area (Å²) in [6.07, 6.45) is 0. The van der Waals surface area contributed by atoms with Crippen molar-refractivity contribution in [3.63, 3.8) is 0 Å². The van der Waals surface area contributed by atoms with Crippen LogP contribution in [0.25, 0.3) is 0 Å². The van der Waals surface area contributed by atoms with E-state index in [-0.39, 0.29) is 5.82 Å². The number of nitrogens with zero attached hydrogens (tertiary/aromatic N) is 1. The molecular weight excluding hydrogens is 221 g/mol. The zero-order valence-electron chi connectivity index (χ0n) is 9.27.